The smallest absolute Gasteiger partial charge is 0.113 e. The SMILES string of the molecule is Cn1ccnc1C1CNCC1CO. The van der Waals surface area contributed by atoms with Crippen molar-refractivity contribution in [1.82, 2.24) is 14.9 Å². The fourth-order valence-electron chi connectivity index (χ4n) is 1.96. The van der Waals surface area contributed by atoms with Crippen molar-refractivity contribution >= 4 is 0 Å². The largest absolute Gasteiger partial charge is 0.396 e. The van der Waals surface area contributed by atoms with E-state index in [0.717, 1.165) is 18.9 Å². The lowest BCUT2D eigenvalue weighted by molar-refractivity contribution is 0.223. The first-order valence-electron chi connectivity index (χ1n) is 4.61. The molecule has 4 nitrogen and oxygen atoms in total. The summed E-state index contributed by atoms with van der Waals surface area (Å²) in [4.78, 5) is 4.31. The first kappa shape index (κ1) is 8.72. The highest BCUT2D eigenvalue weighted by molar-refractivity contribution is 5.06. The zero-order valence-corrected chi connectivity index (χ0v) is 7.77. The van der Waals surface area contributed by atoms with Gasteiger partial charge in [-0.05, 0) is 0 Å². The van der Waals surface area contributed by atoms with Crippen LogP contribution < -0.4 is 5.32 Å². The van der Waals surface area contributed by atoms with Crippen molar-refractivity contribution in [3.63, 3.8) is 0 Å². The monoisotopic (exact) mass is 181 g/mol. The Bertz CT molecular complexity index is 284. The van der Waals surface area contributed by atoms with E-state index in [0.29, 0.717) is 11.8 Å². The van der Waals surface area contributed by atoms with Crippen LogP contribution >= 0.6 is 0 Å². The van der Waals surface area contributed by atoms with Gasteiger partial charge in [-0.1, -0.05) is 0 Å². The predicted octanol–water partition coefficient (Wildman–Crippen LogP) is -0.285. The van der Waals surface area contributed by atoms with Crippen molar-refractivity contribution in [2.75, 3.05) is 19.7 Å². The maximum atomic E-state index is 9.15. The molecule has 2 N–H and O–H groups in total. The molecule has 1 aromatic heterocycles. The number of aliphatic hydroxyl groups is 1. The fraction of sp³-hybridized carbons (Fsp3) is 0.667. The van der Waals surface area contributed by atoms with Crippen LogP contribution in [0.25, 0.3) is 0 Å². The third-order valence-electron chi connectivity index (χ3n) is 2.76. The lowest BCUT2D eigenvalue weighted by Crippen LogP contribution is -2.17. The second kappa shape index (κ2) is 3.47. The van der Waals surface area contributed by atoms with E-state index >= 15 is 0 Å². The van der Waals surface area contributed by atoms with Crippen LogP contribution in [0, 0.1) is 5.92 Å². The summed E-state index contributed by atoms with van der Waals surface area (Å²) in [5.41, 5.74) is 0. The summed E-state index contributed by atoms with van der Waals surface area (Å²) >= 11 is 0. The molecule has 2 atom stereocenters. The van der Waals surface area contributed by atoms with Gasteiger partial charge in [0.1, 0.15) is 5.82 Å². The summed E-state index contributed by atoms with van der Waals surface area (Å²) in [6.45, 7) is 2.06. The van der Waals surface area contributed by atoms with Gasteiger partial charge >= 0.3 is 0 Å². The van der Waals surface area contributed by atoms with Crippen molar-refractivity contribution in [3.05, 3.63) is 18.2 Å². The van der Waals surface area contributed by atoms with Gasteiger partial charge in [-0.3, -0.25) is 0 Å². The van der Waals surface area contributed by atoms with Crippen molar-refractivity contribution in [2.45, 2.75) is 5.92 Å². The van der Waals surface area contributed by atoms with Crippen molar-refractivity contribution in [2.24, 2.45) is 13.0 Å². The minimum Gasteiger partial charge on any atom is -0.396 e. The Labute approximate surface area is 77.6 Å². The number of nitrogens with one attached hydrogen (secondary N) is 1. The van der Waals surface area contributed by atoms with E-state index in [-0.39, 0.29) is 6.61 Å². The topological polar surface area (TPSA) is 50.1 Å². The Balaban J connectivity index is 2.20. The molecule has 0 aromatic carbocycles. The molecule has 13 heavy (non-hydrogen) atoms. The van der Waals surface area contributed by atoms with Crippen LogP contribution in [0.1, 0.15) is 11.7 Å². The van der Waals surface area contributed by atoms with E-state index < -0.39 is 0 Å². The minimum absolute atomic E-state index is 0.241. The van der Waals surface area contributed by atoms with E-state index in [9.17, 15) is 0 Å². The van der Waals surface area contributed by atoms with Crippen LogP contribution in [0.4, 0.5) is 0 Å². The predicted molar refractivity (Wildman–Crippen MR) is 49.4 cm³/mol. The normalized spacial score (nSPS) is 28.2. The molecule has 1 aliphatic heterocycles. The van der Waals surface area contributed by atoms with Gasteiger partial charge in [0.2, 0.25) is 0 Å². The molecule has 2 heterocycles. The van der Waals surface area contributed by atoms with E-state index in [1.807, 2.05) is 24.0 Å². The number of imidazole rings is 1. The third-order valence-corrected chi connectivity index (χ3v) is 2.76. The molecule has 2 unspecified atom stereocenters. The summed E-state index contributed by atoms with van der Waals surface area (Å²) in [5.74, 6) is 1.76. The lowest BCUT2D eigenvalue weighted by Gasteiger charge is -2.15. The molecule has 0 radical (unpaired) electrons. The molecule has 0 saturated carbocycles. The second-order valence-corrected chi connectivity index (χ2v) is 3.60. The quantitative estimate of drug-likeness (QED) is 0.659. The Morgan fingerprint density at radius 1 is 1.69 bits per heavy atom. The van der Waals surface area contributed by atoms with Gasteiger partial charge in [-0.15, -0.1) is 0 Å². The zero-order valence-electron chi connectivity index (χ0n) is 7.77. The van der Waals surface area contributed by atoms with Gasteiger partial charge < -0.3 is 15.0 Å². The third kappa shape index (κ3) is 1.47. The van der Waals surface area contributed by atoms with E-state index in [4.69, 9.17) is 5.11 Å². The number of hydrogen-bond donors (Lipinski definition) is 2. The Kier molecular flexibility index (Phi) is 2.33. The number of aryl methyl sites for hydroxylation is 1. The Hall–Kier alpha value is -0.870. The summed E-state index contributed by atoms with van der Waals surface area (Å²) in [7, 11) is 2.00. The van der Waals surface area contributed by atoms with E-state index in [2.05, 4.69) is 10.3 Å². The highest BCUT2D eigenvalue weighted by Gasteiger charge is 2.30. The number of rotatable bonds is 2. The number of nitrogens with zero attached hydrogens (tertiary/aromatic N) is 2. The van der Waals surface area contributed by atoms with E-state index in [1.54, 1.807) is 0 Å². The number of aliphatic hydroxyl groups excluding tert-OH is 1. The molecule has 1 fully saturated rings. The first-order valence-corrected chi connectivity index (χ1v) is 4.61. The summed E-state index contributed by atoms with van der Waals surface area (Å²) in [6, 6.07) is 0. The highest BCUT2D eigenvalue weighted by Crippen LogP contribution is 2.25. The van der Waals surface area contributed by atoms with Crippen molar-refractivity contribution in [1.29, 1.82) is 0 Å². The van der Waals surface area contributed by atoms with Crippen molar-refractivity contribution in [3.8, 4) is 0 Å². The van der Waals surface area contributed by atoms with Crippen LogP contribution in [0.15, 0.2) is 12.4 Å². The summed E-state index contributed by atoms with van der Waals surface area (Å²) in [5, 5.41) is 12.4. The van der Waals surface area contributed by atoms with Crippen molar-refractivity contribution < 1.29 is 5.11 Å². The zero-order chi connectivity index (χ0) is 9.26. The maximum Gasteiger partial charge on any atom is 0.113 e. The molecular weight excluding hydrogens is 166 g/mol. The van der Waals surface area contributed by atoms with Gasteiger partial charge in [0.25, 0.3) is 0 Å². The fourth-order valence-corrected chi connectivity index (χ4v) is 1.96. The van der Waals surface area contributed by atoms with Crippen LogP contribution in [0.2, 0.25) is 0 Å². The van der Waals surface area contributed by atoms with Gasteiger partial charge in [0.05, 0.1) is 0 Å². The molecule has 0 aliphatic carbocycles. The molecule has 4 heteroatoms. The maximum absolute atomic E-state index is 9.15. The van der Waals surface area contributed by atoms with Crippen LogP contribution in [-0.2, 0) is 7.05 Å². The lowest BCUT2D eigenvalue weighted by atomic mass is 9.96. The number of aromatic nitrogens is 2. The number of hydrogen-bond acceptors (Lipinski definition) is 3. The van der Waals surface area contributed by atoms with Gasteiger partial charge in [0, 0.05) is 51.0 Å². The molecule has 1 saturated heterocycles. The molecule has 0 amide bonds. The molecule has 0 spiro atoms. The Morgan fingerprint density at radius 2 is 2.54 bits per heavy atom. The molecule has 2 rings (SSSR count). The molecule has 1 aromatic rings. The van der Waals surface area contributed by atoms with Gasteiger partial charge in [-0.25, -0.2) is 4.98 Å². The summed E-state index contributed by atoms with van der Waals surface area (Å²) in [6.07, 6.45) is 3.75. The molecule has 0 bridgehead atoms. The molecular formula is C9H15N3O. The average molecular weight is 181 g/mol. The average Bonchev–Trinajstić information content (AvgIpc) is 2.71. The first-order chi connectivity index (χ1) is 6.33. The van der Waals surface area contributed by atoms with E-state index in [1.165, 1.54) is 0 Å². The molecule has 72 valence electrons. The van der Waals surface area contributed by atoms with Crippen LogP contribution in [0.3, 0.4) is 0 Å². The minimum atomic E-state index is 0.241. The highest BCUT2D eigenvalue weighted by atomic mass is 16.3. The molecule has 1 aliphatic rings. The standard InChI is InChI=1S/C9H15N3O/c1-12-3-2-11-9(12)8-5-10-4-7(8)6-13/h2-3,7-8,10,13H,4-6H2,1H3. The van der Waals surface area contributed by atoms with Gasteiger partial charge in [-0.2, -0.15) is 0 Å². The van der Waals surface area contributed by atoms with Crippen LogP contribution in [0.5, 0.6) is 0 Å². The summed E-state index contributed by atoms with van der Waals surface area (Å²) < 4.78 is 2.03. The second-order valence-electron chi connectivity index (χ2n) is 3.60. The van der Waals surface area contributed by atoms with Gasteiger partial charge in [0.15, 0.2) is 0 Å². The Morgan fingerprint density at radius 3 is 3.15 bits per heavy atom. The van der Waals surface area contributed by atoms with Crippen LogP contribution in [-0.4, -0.2) is 34.4 Å².